The molecule has 2 aromatic heterocycles. The van der Waals surface area contributed by atoms with Gasteiger partial charge in [0.25, 0.3) is 0 Å². The quantitative estimate of drug-likeness (QED) is 0.303. The number of aromatic nitrogens is 4. The lowest BCUT2D eigenvalue weighted by molar-refractivity contribution is -0.145. The molecule has 3 aromatic rings. The molecule has 6 atom stereocenters. The number of allylic oxidation sites excluding steroid dienone is 1. The molecule has 1 saturated carbocycles. The predicted octanol–water partition coefficient (Wildman–Crippen LogP) is 3.58. The fraction of sp³-hybridized carbons (Fsp3) is 0.514. The van der Waals surface area contributed by atoms with Gasteiger partial charge in [-0.25, -0.2) is 14.6 Å². The SMILES string of the molecule is COc1ccc(-c2nn([C@@H]3C[C@H]4C(=O)N[C@@]5(C(=O)O)C[C@H]5/C=C\CCCCC[C@H](NC(=O)O[C@H]5CCOC5)C(=O)N4C3)nc2-c2nccs2)cc1. The van der Waals surface area contributed by atoms with Crippen molar-refractivity contribution >= 4 is 35.2 Å². The van der Waals surface area contributed by atoms with E-state index in [1.165, 1.54) is 21.0 Å². The van der Waals surface area contributed by atoms with E-state index < -0.39 is 53.6 Å². The maximum atomic E-state index is 14.5. The third kappa shape index (κ3) is 7.33. The summed E-state index contributed by atoms with van der Waals surface area (Å²) in [4.78, 5) is 61.5. The van der Waals surface area contributed by atoms with Crippen molar-refractivity contribution < 1.29 is 38.5 Å². The lowest BCUT2D eigenvalue weighted by Gasteiger charge is -2.29. The molecule has 5 heterocycles. The van der Waals surface area contributed by atoms with Gasteiger partial charge in [-0.05, 0) is 49.9 Å². The van der Waals surface area contributed by atoms with E-state index >= 15 is 0 Å². The molecule has 0 bridgehead atoms. The Morgan fingerprint density at radius 2 is 1.94 bits per heavy atom. The molecule has 15 nitrogen and oxygen atoms in total. The fourth-order valence-corrected chi connectivity index (χ4v) is 7.71. The van der Waals surface area contributed by atoms with Crippen LogP contribution in [0.15, 0.2) is 48.0 Å². The van der Waals surface area contributed by atoms with Crippen LogP contribution < -0.4 is 15.4 Å². The molecular formula is C35H41N7O8S. The number of rotatable bonds is 7. The monoisotopic (exact) mass is 719 g/mol. The minimum absolute atomic E-state index is 0.0536. The summed E-state index contributed by atoms with van der Waals surface area (Å²) in [5.41, 5.74) is 0.449. The number of aliphatic carboxylic acids is 1. The zero-order valence-corrected chi connectivity index (χ0v) is 29.0. The van der Waals surface area contributed by atoms with Gasteiger partial charge in [-0.15, -0.1) is 16.4 Å². The molecule has 270 valence electrons. The van der Waals surface area contributed by atoms with Crippen molar-refractivity contribution in [1.29, 1.82) is 0 Å². The number of ether oxygens (including phenoxy) is 3. The maximum absolute atomic E-state index is 14.5. The molecule has 1 aliphatic carbocycles. The Morgan fingerprint density at radius 3 is 2.67 bits per heavy atom. The van der Waals surface area contributed by atoms with Gasteiger partial charge in [0, 0.05) is 42.4 Å². The van der Waals surface area contributed by atoms with Crippen LogP contribution in [0.4, 0.5) is 4.79 Å². The highest BCUT2D eigenvalue weighted by atomic mass is 32.1. The van der Waals surface area contributed by atoms with E-state index in [0.717, 1.165) is 24.8 Å². The molecule has 3 fully saturated rings. The summed E-state index contributed by atoms with van der Waals surface area (Å²) in [6.45, 7) is 0.837. The van der Waals surface area contributed by atoms with Crippen molar-refractivity contribution in [2.45, 2.75) is 81.1 Å². The lowest BCUT2D eigenvalue weighted by atomic mass is 10.0. The van der Waals surface area contributed by atoms with E-state index in [9.17, 15) is 24.3 Å². The Kier molecular flexibility index (Phi) is 10.0. The van der Waals surface area contributed by atoms with Gasteiger partial charge in [0.1, 0.15) is 45.9 Å². The number of nitrogens with zero attached hydrogens (tertiary/aromatic N) is 5. The minimum atomic E-state index is -1.45. The fourth-order valence-electron chi connectivity index (χ4n) is 7.09. The van der Waals surface area contributed by atoms with Crippen molar-refractivity contribution in [3.05, 3.63) is 48.0 Å². The van der Waals surface area contributed by atoms with Crippen molar-refractivity contribution in [2.24, 2.45) is 5.92 Å². The van der Waals surface area contributed by atoms with Gasteiger partial charge in [0.05, 0.1) is 26.4 Å². The molecule has 0 radical (unpaired) electrons. The molecule has 2 saturated heterocycles. The summed E-state index contributed by atoms with van der Waals surface area (Å²) >= 11 is 1.41. The summed E-state index contributed by atoms with van der Waals surface area (Å²) in [5.74, 6) is -1.82. The van der Waals surface area contributed by atoms with Crippen LogP contribution in [0.3, 0.4) is 0 Å². The number of benzene rings is 1. The predicted molar refractivity (Wildman–Crippen MR) is 184 cm³/mol. The number of nitrogens with one attached hydrogen (secondary N) is 2. The zero-order valence-electron chi connectivity index (χ0n) is 28.2. The number of amides is 3. The molecule has 3 amide bonds. The standard InChI is InChI=1S/C35H41N7O8S/c1-48-24-11-9-21(10-12-24)28-29(31-36-14-16-51-31)40-42(39-28)23-17-27-30(43)38-35(33(45)46)18-22(35)7-5-3-2-4-6-8-26(32(44)41(27)19-23)37-34(47)50-25-13-15-49-20-25/h5,7,9-12,14,16,22-23,25-27H,2-4,6,8,13,15,17-20H2,1H3,(H,37,47)(H,38,43)(H,45,46)/b7-5-/t22-,23-,25+,26+,27+,35+/m1/s1. The van der Waals surface area contributed by atoms with Gasteiger partial charge in [0.15, 0.2) is 0 Å². The van der Waals surface area contributed by atoms with Crippen LogP contribution in [0.25, 0.3) is 22.0 Å². The third-order valence-corrected chi connectivity index (χ3v) is 10.8. The molecule has 3 aliphatic heterocycles. The van der Waals surface area contributed by atoms with Gasteiger partial charge >= 0.3 is 12.1 Å². The molecule has 4 aliphatic rings. The second-order valence-electron chi connectivity index (χ2n) is 13.4. The first kappa shape index (κ1) is 34.6. The maximum Gasteiger partial charge on any atom is 0.408 e. The summed E-state index contributed by atoms with van der Waals surface area (Å²) in [6.07, 6.45) is 8.70. The van der Waals surface area contributed by atoms with Crippen LogP contribution >= 0.6 is 11.3 Å². The van der Waals surface area contributed by atoms with Crippen molar-refractivity contribution in [2.75, 3.05) is 26.9 Å². The normalized spacial score (nSPS) is 28.8. The Hall–Kier alpha value is -4.83. The summed E-state index contributed by atoms with van der Waals surface area (Å²) in [6, 6.07) is 4.84. The van der Waals surface area contributed by atoms with Gasteiger partial charge in [-0.3, -0.25) is 9.59 Å². The van der Waals surface area contributed by atoms with Gasteiger partial charge in [-0.1, -0.05) is 25.0 Å². The molecule has 0 spiro atoms. The van der Waals surface area contributed by atoms with Crippen LogP contribution in [0.2, 0.25) is 0 Å². The Labute approximate surface area is 298 Å². The molecule has 51 heavy (non-hydrogen) atoms. The first-order chi connectivity index (χ1) is 24.8. The molecule has 16 heteroatoms. The first-order valence-electron chi connectivity index (χ1n) is 17.3. The van der Waals surface area contributed by atoms with E-state index in [4.69, 9.17) is 24.4 Å². The highest BCUT2D eigenvalue weighted by Crippen LogP contribution is 2.46. The zero-order chi connectivity index (χ0) is 35.5. The second-order valence-corrected chi connectivity index (χ2v) is 14.3. The number of carboxylic acids is 1. The van der Waals surface area contributed by atoms with E-state index in [0.29, 0.717) is 54.6 Å². The van der Waals surface area contributed by atoms with Crippen LogP contribution in [-0.4, -0.2) is 104 Å². The van der Waals surface area contributed by atoms with Crippen molar-refractivity contribution in [3.63, 3.8) is 0 Å². The van der Waals surface area contributed by atoms with Gasteiger partial charge in [-0.2, -0.15) is 9.90 Å². The number of hydrogen-bond donors (Lipinski definition) is 3. The topological polar surface area (TPSA) is 187 Å². The smallest absolute Gasteiger partial charge is 0.408 e. The number of carbonyl (C=O) groups excluding carboxylic acids is 3. The molecule has 0 unspecified atom stereocenters. The van der Waals surface area contributed by atoms with E-state index in [1.807, 2.05) is 41.8 Å². The van der Waals surface area contributed by atoms with Gasteiger partial charge in [0.2, 0.25) is 11.8 Å². The number of thiazole rings is 1. The van der Waals surface area contributed by atoms with Crippen LogP contribution in [0, 0.1) is 5.92 Å². The van der Waals surface area contributed by atoms with Gasteiger partial charge < -0.3 is 34.9 Å². The van der Waals surface area contributed by atoms with Crippen LogP contribution in [0.1, 0.15) is 57.4 Å². The van der Waals surface area contributed by atoms with E-state index in [-0.39, 0.29) is 25.3 Å². The third-order valence-electron chi connectivity index (χ3n) is 10.0. The summed E-state index contributed by atoms with van der Waals surface area (Å²) in [7, 11) is 1.59. The van der Waals surface area contributed by atoms with Crippen LogP contribution in [0.5, 0.6) is 5.75 Å². The largest absolute Gasteiger partial charge is 0.497 e. The molecule has 3 N–H and O–H groups in total. The highest BCUT2D eigenvalue weighted by molar-refractivity contribution is 7.13. The average molecular weight is 720 g/mol. The number of carboxylic acid groups (broad SMARTS) is 1. The number of carbonyl (C=O) groups is 4. The number of methoxy groups -OCH3 is 1. The van der Waals surface area contributed by atoms with Crippen LogP contribution in [-0.2, 0) is 23.9 Å². The minimum Gasteiger partial charge on any atom is -0.497 e. The Balaban J connectivity index is 1.21. The molecule has 7 rings (SSSR count). The van der Waals surface area contributed by atoms with Crippen molar-refractivity contribution in [3.8, 4) is 27.7 Å². The second kappa shape index (κ2) is 14.8. The number of alkyl carbamates (subject to hydrolysis) is 1. The Morgan fingerprint density at radius 1 is 1.12 bits per heavy atom. The number of hydrogen-bond acceptors (Lipinski definition) is 11. The summed E-state index contributed by atoms with van der Waals surface area (Å²) < 4.78 is 16.2. The molecule has 1 aromatic carbocycles. The lowest BCUT2D eigenvalue weighted by Crippen LogP contribution is -2.56. The summed E-state index contributed by atoms with van der Waals surface area (Å²) in [5, 5.41) is 28.0. The first-order valence-corrected chi connectivity index (χ1v) is 18.2. The van der Waals surface area contributed by atoms with Crippen molar-refractivity contribution in [1.82, 2.24) is 35.5 Å². The highest BCUT2D eigenvalue weighted by Gasteiger charge is 2.61. The average Bonchev–Trinajstić information content (AvgIpc) is 3.77. The van der Waals surface area contributed by atoms with E-state index in [2.05, 4.69) is 15.6 Å². The van der Waals surface area contributed by atoms with E-state index in [1.54, 1.807) is 13.3 Å². The molecular weight excluding hydrogens is 678 g/mol. The Bertz CT molecular complexity index is 1770. The number of fused-ring (bicyclic) bond motifs is 2.